The Labute approximate surface area is 126 Å². The molecule has 21 heavy (non-hydrogen) atoms. The van der Waals surface area contributed by atoms with Crippen LogP contribution in [0, 0.1) is 5.92 Å². The van der Waals surface area contributed by atoms with Crippen LogP contribution in [0.2, 0.25) is 0 Å². The van der Waals surface area contributed by atoms with Crippen molar-refractivity contribution in [3.05, 3.63) is 34.9 Å². The molecule has 0 spiro atoms. The van der Waals surface area contributed by atoms with Crippen molar-refractivity contribution in [2.45, 2.75) is 38.6 Å². The lowest BCUT2D eigenvalue weighted by molar-refractivity contribution is 0.00603. The van der Waals surface area contributed by atoms with Crippen molar-refractivity contribution in [3.63, 3.8) is 0 Å². The van der Waals surface area contributed by atoms with Gasteiger partial charge in [-0.2, -0.15) is 0 Å². The molecule has 2 bridgehead atoms. The van der Waals surface area contributed by atoms with E-state index in [1.165, 1.54) is 37.1 Å². The lowest BCUT2D eigenvalue weighted by atomic mass is 9.81. The molecule has 3 saturated heterocycles. The molecule has 0 saturated carbocycles. The molecule has 1 aromatic carbocycles. The van der Waals surface area contributed by atoms with Gasteiger partial charge in [-0.15, -0.1) is 0 Å². The zero-order valence-electron chi connectivity index (χ0n) is 12.8. The van der Waals surface area contributed by atoms with Gasteiger partial charge in [-0.3, -0.25) is 4.79 Å². The summed E-state index contributed by atoms with van der Waals surface area (Å²) in [5.74, 6) is 1.01. The largest absolute Gasteiger partial charge is 0.334 e. The molecule has 4 heterocycles. The molecule has 112 valence electrons. The van der Waals surface area contributed by atoms with E-state index >= 15 is 0 Å². The minimum Gasteiger partial charge on any atom is -0.334 e. The van der Waals surface area contributed by atoms with Gasteiger partial charge in [0.2, 0.25) is 0 Å². The Morgan fingerprint density at radius 1 is 1.19 bits per heavy atom. The van der Waals surface area contributed by atoms with E-state index in [0.717, 1.165) is 37.4 Å². The Balaban J connectivity index is 1.63. The summed E-state index contributed by atoms with van der Waals surface area (Å²) in [6.45, 7) is 6.66. The molecule has 0 unspecified atom stereocenters. The minimum atomic E-state index is 0.283. The van der Waals surface area contributed by atoms with Crippen molar-refractivity contribution < 1.29 is 4.79 Å². The number of hydrogen-bond acceptors (Lipinski definition) is 2. The van der Waals surface area contributed by atoms with Crippen LogP contribution in [0.4, 0.5) is 0 Å². The maximum absolute atomic E-state index is 13.0. The highest BCUT2D eigenvalue weighted by atomic mass is 16.2. The molecule has 0 aromatic heterocycles. The van der Waals surface area contributed by atoms with E-state index in [1.54, 1.807) is 0 Å². The Kier molecular flexibility index (Phi) is 3.26. The summed E-state index contributed by atoms with van der Waals surface area (Å²) >= 11 is 0. The zero-order chi connectivity index (χ0) is 14.4. The second-order valence-electron chi connectivity index (χ2n) is 6.75. The van der Waals surface area contributed by atoms with Gasteiger partial charge >= 0.3 is 0 Å². The summed E-state index contributed by atoms with van der Waals surface area (Å²) in [5, 5.41) is 0. The van der Waals surface area contributed by atoms with Crippen LogP contribution >= 0.6 is 0 Å². The number of benzene rings is 1. The average Bonchev–Trinajstić information content (AvgIpc) is 2.56. The summed E-state index contributed by atoms with van der Waals surface area (Å²) in [4.78, 5) is 17.7. The Hall–Kier alpha value is -1.35. The van der Waals surface area contributed by atoms with Gasteiger partial charge in [0.25, 0.3) is 5.91 Å². The number of nitrogens with zero attached hydrogens (tertiary/aromatic N) is 2. The van der Waals surface area contributed by atoms with Gasteiger partial charge in [-0.05, 0) is 61.9 Å². The van der Waals surface area contributed by atoms with Gasteiger partial charge in [0.05, 0.1) is 0 Å². The molecular weight excluding hydrogens is 260 g/mol. The minimum absolute atomic E-state index is 0.283. The maximum atomic E-state index is 13.0. The third-order valence-corrected chi connectivity index (χ3v) is 5.77. The van der Waals surface area contributed by atoms with Crippen molar-refractivity contribution in [2.75, 3.05) is 26.2 Å². The molecular formula is C18H24N2O. The second-order valence-corrected chi connectivity index (χ2v) is 6.75. The van der Waals surface area contributed by atoms with Gasteiger partial charge in [0.15, 0.2) is 0 Å². The molecule has 0 N–H and O–H groups in total. The fraction of sp³-hybridized carbons (Fsp3) is 0.611. The van der Waals surface area contributed by atoms with E-state index in [4.69, 9.17) is 0 Å². The van der Waals surface area contributed by atoms with E-state index in [2.05, 4.69) is 28.9 Å². The molecule has 0 radical (unpaired) electrons. The maximum Gasteiger partial charge on any atom is 0.254 e. The number of carbonyl (C=O) groups is 1. The lowest BCUT2D eigenvalue weighted by Crippen LogP contribution is -2.59. The first-order valence-electron chi connectivity index (χ1n) is 8.42. The van der Waals surface area contributed by atoms with E-state index < -0.39 is 0 Å². The van der Waals surface area contributed by atoms with Crippen molar-refractivity contribution in [1.29, 1.82) is 0 Å². The van der Waals surface area contributed by atoms with Gasteiger partial charge in [-0.25, -0.2) is 0 Å². The molecule has 3 fully saturated rings. The molecule has 3 heteroatoms. The van der Waals surface area contributed by atoms with Crippen LogP contribution < -0.4 is 0 Å². The summed E-state index contributed by atoms with van der Waals surface area (Å²) in [5.41, 5.74) is 3.63. The smallest absolute Gasteiger partial charge is 0.254 e. The second kappa shape index (κ2) is 5.13. The summed E-state index contributed by atoms with van der Waals surface area (Å²) in [6, 6.07) is 6.72. The highest BCUT2D eigenvalue weighted by Gasteiger charge is 2.41. The van der Waals surface area contributed by atoms with Crippen molar-refractivity contribution in [3.8, 4) is 0 Å². The average molecular weight is 284 g/mol. The third kappa shape index (κ3) is 2.10. The number of rotatable bonds is 2. The standard InChI is InChI=1S/C18H24N2O/c1-2-13-4-3-5-16-15(13)8-11-20(18(16)21)17-12-19-9-6-14(17)7-10-19/h3-5,14,17H,2,6-12H2,1H3/t17-/m1/s1. The third-order valence-electron chi connectivity index (χ3n) is 5.77. The first-order chi connectivity index (χ1) is 10.3. The number of aryl methyl sites for hydroxylation is 1. The van der Waals surface area contributed by atoms with Gasteiger partial charge in [0.1, 0.15) is 0 Å². The SMILES string of the molecule is CCc1cccc2c1CCN([C@@H]1CN3CCC1CC3)C2=O. The number of hydrogen-bond donors (Lipinski definition) is 0. The van der Waals surface area contributed by atoms with Crippen LogP contribution in [-0.2, 0) is 12.8 Å². The van der Waals surface area contributed by atoms with Crippen molar-refractivity contribution in [1.82, 2.24) is 9.80 Å². The van der Waals surface area contributed by atoms with Crippen LogP contribution in [0.5, 0.6) is 0 Å². The Morgan fingerprint density at radius 2 is 2.00 bits per heavy atom. The fourth-order valence-electron chi connectivity index (χ4n) is 4.55. The van der Waals surface area contributed by atoms with Crippen LogP contribution in [0.25, 0.3) is 0 Å². The van der Waals surface area contributed by atoms with Crippen LogP contribution in [0.3, 0.4) is 0 Å². The molecule has 1 atom stereocenters. The molecule has 4 aliphatic rings. The molecule has 4 aliphatic heterocycles. The van der Waals surface area contributed by atoms with Crippen molar-refractivity contribution >= 4 is 5.91 Å². The fourth-order valence-corrected chi connectivity index (χ4v) is 4.55. The first kappa shape index (κ1) is 13.3. The predicted molar refractivity (Wildman–Crippen MR) is 83.5 cm³/mol. The molecule has 1 aromatic rings. The topological polar surface area (TPSA) is 23.6 Å². The summed E-state index contributed by atoms with van der Waals surface area (Å²) in [7, 11) is 0. The van der Waals surface area contributed by atoms with Gasteiger partial charge < -0.3 is 9.80 Å². The summed E-state index contributed by atoms with van der Waals surface area (Å²) < 4.78 is 0. The van der Waals surface area contributed by atoms with Crippen LogP contribution in [-0.4, -0.2) is 47.9 Å². The van der Waals surface area contributed by atoms with E-state index in [-0.39, 0.29) is 5.91 Å². The number of piperidine rings is 3. The molecule has 3 nitrogen and oxygen atoms in total. The molecule has 0 aliphatic carbocycles. The van der Waals surface area contributed by atoms with Gasteiger partial charge in [-0.1, -0.05) is 19.1 Å². The zero-order valence-corrected chi connectivity index (χ0v) is 12.8. The summed E-state index contributed by atoms with van der Waals surface area (Å²) in [6.07, 6.45) is 4.61. The first-order valence-corrected chi connectivity index (χ1v) is 8.42. The number of amides is 1. The van der Waals surface area contributed by atoms with Crippen LogP contribution in [0.1, 0.15) is 41.3 Å². The highest BCUT2D eigenvalue weighted by molar-refractivity contribution is 5.97. The highest BCUT2D eigenvalue weighted by Crippen LogP contribution is 2.34. The van der Waals surface area contributed by atoms with E-state index in [0.29, 0.717) is 6.04 Å². The predicted octanol–water partition coefficient (Wildman–Crippen LogP) is 2.34. The molecule has 5 rings (SSSR count). The normalized spacial score (nSPS) is 31.4. The Bertz CT molecular complexity index is 560. The quantitative estimate of drug-likeness (QED) is 0.832. The lowest BCUT2D eigenvalue weighted by Gasteiger charge is -2.50. The molecule has 1 amide bonds. The monoisotopic (exact) mass is 284 g/mol. The van der Waals surface area contributed by atoms with Gasteiger partial charge in [0, 0.05) is 24.7 Å². The Morgan fingerprint density at radius 3 is 2.67 bits per heavy atom. The number of carbonyl (C=O) groups excluding carboxylic acids is 1. The van der Waals surface area contributed by atoms with E-state index in [1.807, 2.05) is 6.07 Å². The van der Waals surface area contributed by atoms with Crippen LogP contribution in [0.15, 0.2) is 18.2 Å². The van der Waals surface area contributed by atoms with E-state index in [9.17, 15) is 4.79 Å². The number of fused-ring (bicyclic) bond motifs is 4. The van der Waals surface area contributed by atoms with Crippen molar-refractivity contribution in [2.24, 2.45) is 5.92 Å².